The van der Waals surface area contributed by atoms with Crippen LogP contribution in [0.1, 0.15) is 13.3 Å². The fraction of sp³-hybridized carbons (Fsp3) is 0.231. The van der Waals surface area contributed by atoms with E-state index in [4.69, 9.17) is 0 Å². The summed E-state index contributed by atoms with van der Waals surface area (Å²) in [4.78, 5) is 0. The second-order valence-corrected chi connectivity index (χ2v) is 3.92. The number of hydrogen-bond acceptors (Lipinski definition) is 0. The van der Waals surface area contributed by atoms with E-state index in [1.165, 1.54) is 11.6 Å². The fourth-order valence-corrected chi connectivity index (χ4v) is 1.68. The van der Waals surface area contributed by atoms with Crippen LogP contribution in [0.2, 0.25) is 0 Å². The minimum Gasteiger partial charge on any atom is -0.347 e. The average molecular weight is 203 g/mol. The van der Waals surface area contributed by atoms with Crippen molar-refractivity contribution in [3.8, 4) is 0 Å². The van der Waals surface area contributed by atoms with Gasteiger partial charge in [0.1, 0.15) is 5.82 Å². The molecule has 1 nitrogen and oxygen atoms in total. The molecular weight excluding hydrogens is 189 g/mol. The van der Waals surface area contributed by atoms with E-state index in [-0.39, 0.29) is 5.82 Å². The Balaban J connectivity index is 2.32. The van der Waals surface area contributed by atoms with Gasteiger partial charge >= 0.3 is 0 Å². The molecule has 78 valence electrons. The Morgan fingerprint density at radius 3 is 2.93 bits per heavy atom. The first kappa shape index (κ1) is 9.97. The quantitative estimate of drug-likeness (QED) is 0.669. The maximum atomic E-state index is 12.9. The largest absolute Gasteiger partial charge is 0.347 e. The summed E-state index contributed by atoms with van der Waals surface area (Å²) in [6.07, 6.45) is 2.95. The van der Waals surface area contributed by atoms with Gasteiger partial charge in [0, 0.05) is 23.6 Å². The normalized spacial score (nSPS) is 10.8. The van der Waals surface area contributed by atoms with Crippen LogP contribution < -0.4 is 0 Å². The number of aromatic nitrogens is 1. The van der Waals surface area contributed by atoms with Crippen molar-refractivity contribution < 1.29 is 4.39 Å². The van der Waals surface area contributed by atoms with Gasteiger partial charge in [0.25, 0.3) is 0 Å². The van der Waals surface area contributed by atoms with Crippen molar-refractivity contribution in [2.45, 2.75) is 19.9 Å². The van der Waals surface area contributed by atoms with Gasteiger partial charge in [-0.2, -0.15) is 0 Å². The number of fused-ring (bicyclic) bond motifs is 1. The number of halogens is 1. The standard InChI is InChI=1S/C13H14FN/c1-10(2)5-7-15-8-6-11-9-12(14)3-4-13(11)15/h3-4,6,8-9H,1,5,7H2,2H3. The first-order valence-corrected chi connectivity index (χ1v) is 5.05. The van der Waals surface area contributed by atoms with Crippen LogP contribution in [0.4, 0.5) is 4.39 Å². The second-order valence-electron chi connectivity index (χ2n) is 3.92. The molecule has 15 heavy (non-hydrogen) atoms. The van der Waals surface area contributed by atoms with Gasteiger partial charge in [0.2, 0.25) is 0 Å². The molecule has 0 amide bonds. The lowest BCUT2D eigenvalue weighted by Gasteiger charge is -2.04. The van der Waals surface area contributed by atoms with Crippen molar-refractivity contribution >= 4 is 10.9 Å². The molecule has 0 bridgehead atoms. The average Bonchev–Trinajstić information content (AvgIpc) is 2.57. The van der Waals surface area contributed by atoms with Gasteiger partial charge in [0.15, 0.2) is 0 Å². The van der Waals surface area contributed by atoms with Gasteiger partial charge in [-0.3, -0.25) is 0 Å². The second kappa shape index (κ2) is 3.89. The zero-order valence-corrected chi connectivity index (χ0v) is 8.83. The van der Waals surface area contributed by atoms with Crippen LogP contribution in [0.25, 0.3) is 10.9 Å². The molecule has 0 fully saturated rings. The lowest BCUT2D eigenvalue weighted by Crippen LogP contribution is -1.95. The summed E-state index contributed by atoms with van der Waals surface area (Å²) in [5, 5.41) is 0.955. The van der Waals surface area contributed by atoms with Crippen molar-refractivity contribution in [3.63, 3.8) is 0 Å². The molecule has 0 spiro atoms. The van der Waals surface area contributed by atoms with E-state index in [2.05, 4.69) is 11.1 Å². The molecule has 0 radical (unpaired) electrons. The molecule has 0 aliphatic carbocycles. The predicted molar refractivity (Wildman–Crippen MR) is 61.3 cm³/mol. The van der Waals surface area contributed by atoms with Gasteiger partial charge in [-0.15, -0.1) is 6.58 Å². The minimum absolute atomic E-state index is 0.180. The lowest BCUT2D eigenvalue weighted by atomic mass is 10.2. The van der Waals surface area contributed by atoms with Crippen LogP contribution in [0.3, 0.4) is 0 Å². The molecule has 2 heteroatoms. The smallest absolute Gasteiger partial charge is 0.123 e. The van der Waals surface area contributed by atoms with Gasteiger partial charge < -0.3 is 4.57 Å². The van der Waals surface area contributed by atoms with Gasteiger partial charge in [-0.25, -0.2) is 4.39 Å². The molecule has 2 aromatic rings. The first-order chi connectivity index (χ1) is 7.16. The first-order valence-electron chi connectivity index (χ1n) is 5.05. The predicted octanol–water partition coefficient (Wildman–Crippen LogP) is 3.75. The molecule has 0 aliphatic rings. The van der Waals surface area contributed by atoms with Crippen molar-refractivity contribution in [2.75, 3.05) is 0 Å². The van der Waals surface area contributed by atoms with Gasteiger partial charge in [-0.05, 0) is 37.6 Å². The Morgan fingerprint density at radius 1 is 1.40 bits per heavy atom. The molecule has 0 saturated carbocycles. The van der Waals surface area contributed by atoms with E-state index >= 15 is 0 Å². The fourth-order valence-electron chi connectivity index (χ4n) is 1.68. The number of aryl methyl sites for hydroxylation is 1. The Morgan fingerprint density at radius 2 is 2.20 bits per heavy atom. The Labute approximate surface area is 88.8 Å². The summed E-state index contributed by atoms with van der Waals surface area (Å²) in [7, 11) is 0. The molecule has 1 heterocycles. The third-order valence-corrected chi connectivity index (χ3v) is 2.51. The van der Waals surface area contributed by atoms with Crippen LogP contribution in [0.15, 0.2) is 42.6 Å². The number of nitrogens with zero attached hydrogens (tertiary/aromatic N) is 1. The van der Waals surface area contributed by atoms with Crippen molar-refractivity contribution in [1.29, 1.82) is 0 Å². The van der Waals surface area contributed by atoms with E-state index in [0.717, 1.165) is 23.9 Å². The van der Waals surface area contributed by atoms with Crippen LogP contribution in [-0.4, -0.2) is 4.57 Å². The SMILES string of the molecule is C=C(C)CCn1ccc2cc(F)ccc21. The van der Waals surface area contributed by atoms with Crippen molar-refractivity contribution in [3.05, 3.63) is 48.4 Å². The highest BCUT2D eigenvalue weighted by Gasteiger charge is 2.01. The van der Waals surface area contributed by atoms with E-state index in [1.54, 1.807) is 6.07 Å². The number of benzene rings is 1. The van der Waals surface area contributed by atoms with E-state index in [0.29, 0.717) is 0 Å². The number of allylic oxidation sites excluding steroid dienone is 1. The molecule has 0 N–H and O–H groups in total. The highest BCUT2D eigenvalue weighted by molar-refractivity contribution is 5.80. The molecule has 0 aliphatic heterocycles. The maximum absolute atomic E-state index is 12.9. The summed E-state index contributed by atoms with van der Waals surface area (Å²) < 4.78 is 15.1. The minimum atomic E-state index is -0.180. The zero-order chi connectivity index (χ0) is 10.8. The van der Waals surface area contributed by atoms with Gasteiger partial charge in [0.05, 0.1) is 0 Å². The summed E-state index contributed by atoms with van der Waals surface area (Å²) >= 11 is 0. The lowest BCUT2D eigenvalue weighted by molar-refractivity contribution is 0.629. The summed E-state index contributed by atoms with van der Waals surface area (Å²) in [5.41, 5.74) is 2.25. The molecule has 0 unspecified atom stereocenters. The van der Waals surface area contributed by atoms with Crippen molar-refractivity contribution in [2.24, 2.45) is 0 Å². The summed E-state index contributed by atoms with van der Waals surface area (Å²) in [5.74, 6) is -0.180. The maximum Gasteiger partial charge on any atom is 0.123 e. The monoisotopic (exact) mass is 203 g/mol. The van der Waals surface area contributed by atoms with Crippen LogP contribution in [0, 0.1) is 5.82 Å². The molecule has 0 saturated heterocycles. The summed E-state index contributed by atoms with van der Waals surface area (Å²) in [6, 6.07) is 6.83. The zero-order valence-electron chi connectivity index (χ0n) is 8.83. The number of rotatable bonds is 3. The molecular formula is C13H14FN. The highest BCUT2D eigenvalue weighted by Crippen LogP contribution is 2.17. The summed E-state index contributed by atoms with van der Waals surface area (Å²) in [6.45, 7) is 6.80. The van der Waals surface area contributed by atoms with E-state index < -0.39 is 0 Å². The van der Waals surface area contributed by atoms with E-state index in [9.17, 15) is 4.39 Å². The third-order valence-electron chi connectivity index (χ3n) is 2.51. The molecule has 1 aromatic heterocycles. The highest BCUT2D eigenvalue weighted by atomic mass is 19.1. The number of hydrogen-bond donors (Lipinski definition) is 0. The Bertz CT molecular complexity index is 496. The van der Waals surface area contributed by atoms with Crippen LogP contribution in [-0.2, 0) is 6.54 Å². The molecule has 0 atom stereocenters. The Hall–Kier alpha value is -1.57. The van der Waals surface area contributed by atoms with Gasteiger partial charge in [-0.1, -0.05) is 5.57 Å². The topological polar surface area (TPSA) is 4.93 Å². The van der Waals surface area contributed by atoms with Crippen LogP contribution >= 0.6 is 0 Å². The third kappa shape index (κ3) is 2.09. The van der Waals surface area contributed by atoms with Crippen molar-refractivity contribution in [1.82, 2.24) is 4.57 Å². The Kier molecular flexibility index (Phi) is 2.58. The molecule has 2 rings (SSSR count). The molecule has 1 aromatic carbocycles. The van der Waals surface area contributed by atoms with E-state index in [1.807, 2.05) is 25.3 Å². The van der Waals surface area contributed by atoms with Crippen LogP contribution in [0.5, 0.6) is 0 Å².